The summed E-state index contributed by atoms with van der Waals surface area (Å²) < 4.78 is 34.8. The van der Waals surface area contributed by atoms with Gasteiger partial charge in [0.05, 0.1) is 29.7 Å². The summed E-state index contributed by atoms with van der Waals surface area (Å²) in [5, 5.41) is 0. The number of hydrogen-bond acceptors (Lipinski definition) is 6. The lowest BCUT2D eigenvalue weighted by Crippen LogP contribution is -2.43. The largest absolute Gasteiger partial charge is 0.494 e. The number of carbonyl (C=O) groups excluding carboxylic acids is 2. The number of sulfone groups is 1. The van der Waals surface area contributed by atoms with Gasteiger partial charge in [-0.05, 0) is 49.2 Å². The normalized spacial score (nSPS) is 17.0. The van der Waals surface area contributed by atoms with Crippen LogP contribution in [0.15, 0.2) is 54.6 Å². The lowest BCUT2D eigenvalue weighted by atomic mass is 10.2. The number of anilines is 1. The molecule has 1 aliphatic heterocycles. The number of esters is 1. The van der Waals surface area contributed by atoms with Crippen LogP contribution in [0.2, 0.25) is 0 Å². The van der Waals surface area contributed by atoms with Gasteiger partial charge in [-0.2, -0.15) is 0 Å². The molecule has 0 spiro atoms. The molecular formula is C24H29NO6S. The molecule has 8 heteroatoms. The van der Waals surface area contributed by atoms with Crippen LogP contribution in [0.25, 0.3) is 0 Å². The minimum Gasteiger partial charge on any atom is -0.494 e. The molecule has 7 nitrogen and oxygen atoms in total. The van der Waals surface area contributed by atoms with E-state index in [0.717, 1.165) is 19.3 Å². The first-order valence-electron chi connectivity index (χ1n) is 10.9. The Morgan fingerprint density at radius 3 is 2.38 bits per heavy atom. The van der Waals surface area contributed by atoms with Crippen molar-refractivity contribution >= 4 is 27.4 Å². The zero-order chi connectivity index (χ0) is 23.0. The zero-order valence-corrected chi connectivity index (χ0v) is 19.1. The second-order valence-electron chi connectivity index (χ2n) is 7.81. The summed E-state index contributed by atoms with van der Waals surface area (Å²) >= 11 is 0. The third kappa shape index (κ3) is 6.56. The number of carbonyl (C=O) groups is 2. The van der Waals surface area contributed by atoms with Crippen molar-refractivity contribution in [1.29, 1.82) is 0 Å². The zero-order valence-electron chi connectivity index (χ0n) is 18.2. The molecule has 172 valence electrons. The molecule has 2 aromatic carbocycles. The van der Waals surface area contributed by atoms with Gasteiger partial charge in [-0.1, -0.05) is 38.0 Å². The summed E-state index contributed by atoms with van der Waals surface area (Å²) in [6.07, 6.45) is 3.55. The van der Waals surface area contributed by atoms with Gasteiger partial charge in [-0.25, -0.2) is 13.2 Å². The van der Waals surface area contributed by atoms with Crippen LogP contribution in [0.1, 0.15) is 43.0 Å². The predicted molar refractivity (Wildman–Crippen MR) is 123 cm³/mol. The lowest BCUT2D eigenvalue weighted by Gasteiger charge is -2.28. The summed E-state index contributed by atoms with van der Waals surface area (Å²) in [7, 11) is -3.18. The average Bonchev–Trinajstić information content (AvgIpc) is 3.15. The van der Waals surface area contributed by atoms with E-state index in [-0.39, 0.29) is 11.5 Å². The summed E-state index contributed by atoms with van der Waals surface area (Å²) in [6, 6.07) is 15.0. The van der Waals surface area contributed by atoms with E-state index in [1.165, 1.54) is 4.90 Å². The van der Waals surface area contributed by atoms with E-state index >= 15 is 0 Å². The van der Waals surface area contributed by atoms with Crippen molar-refractivity contribution < 1.29 is 27.5 Å². The van der Waals surface area contributed by atoms with Crippen molar-refractivity contribution in [1.82, 2.24) is 0 Å². The van der Waals surface area contributed by atoms with Gasteiger partial charge in [0.1, 0.15) is 5.75 Å². The van der Waals surface area contributed by atoms with Crippen molar-refractivity contribution in [3.63, 3.8) is 0 Å². The highest BCUT2D eigenvalue weighted by Crippen LogP contribution is 2.25. The van der Waals surface area contributed by atoms with Crippen molar-refractivity contribution in [2.24, 2.45) is 0 Å². The summed E-state index contributed by atoms with van der Waals surface area (Å²) in [5.74, 6) is -0.459. The number of hydrogen-bond donors (Lipinski definition) is 0. The Hall–Kier alpha value is -2.87. The highest BCUT2D eigenvalue weighted by Gasteiger charge is 2.35. The highest BCUT2D eigenvalue weighted by molar-refractivity contribution is 7.91. The van der Waals surface area contributed by atoms with Gasteiger partial charge in [0.25, 0.3) is 5.91 Å². The molecule has 0 bridgehead atoms. The maximum absolute atomic E-state index is 12.9. The van der Waals surface area contributed by atoms with Gasteiger partial charge in [0.15, 0.2) is 16.4 Å². The van der Waals surface area contributed by atoms with Crippen LogP contribution >= 0.6 is 0 Å². The van der Waals surface area contributed by atoms with Crippen molar-refractivity contribution in [2.45, 2.75) is 38.6 Å². The summed E-state index contributed by atoms with van der Waals surface area (Å²) in [5.41, 5.74) is 0.897. The van der Waals surface area contributed by atoms with Gasteiger partial charge < -0.3 is 14.4 Å². The maximum Gasteiger partial charge on any atom is 0.338 e. The predicted octanol–water partition coefficient (Wildman–Crippen LogP) is 3.63. The monoisotopic (exact) mass is 459 g/mol. The van der Waals surface area contributed by atoms with E-state index in [2.05, 4.69) is 6.92 Å². The molecule has 0 saturated carbocycles. The molecule has 2 aromatic rings. The average molecular weight is 460 g/mol. The molecule has 3 rings (SSSR count). The van der Waals surface area contributed by atoms with E-state index in [4.69, 9.17) is 9.47 Å². The summed E-state index contributed by atoms with van der Waals surface area (Å²) in [6.45, 7) is 2.28. The molecule has 1 fully saturated rings. The second-order valence-corrected chi connectivity index (χ2v) is 10.0. The standard InChI is InChI=1S/C24H29NO6S/c1-2-3-7-15-30-22-12-10-19(11-13-22)24(27)31-17-23(26)25(20-8-5-4-6-9-20)21-14-16-32(28,29)18-21/h4-6,8-13,21H,2-3,7,14-18H2,1H3. The molecule has 1 unspecified atom stereocenters. The number of unbranched alkanes of at least 4 members (excludes halogenated alkanes) is 2. The first-order chi connectivity index (χ1) is 15.4. The quantitative estimate of drug-likeness (QED) is 0.398. The number of amides is 1. The topological polar surface area (TPSA) is 90.0 Å². The van der Waals surface area contributed by atoms with E-state index < -0.39 is 34.4 Å². The molecule has 1 saturated heterocycles. The van der Waals surface area contributed by atoms with Crippen LogP contribution in [0.5, 0.6) is 5.75 Å². The summed E-state index contributed by atoms with van der Waals surface area (Å²) in [4.78, 5) is 26.8. The Balaban J connectivity index is 1.60. The molecule has 0 N–H and O–H groups in total. The molecule has 0 aromatic heterocycles. The molecule has 1 heterocycles. The fraction of sp³-hybridized carbons (Fsp3) is 0.417. The number of para-hydroxylation sites is 1. The molecule has 1 aliphatic rings. The van der Waals surface area contributed by atoms with Crippen molar-refractivity contribution in [3.8, 4) is 5.75 Å². The van der Waals surface area contributed by atoms with Crippen LogP contribution in [0.3, 0.4) is 0 Å². The third-order valence-corrected chi connectivity index (χ3v) is 7.06. The van der Waals surface area contributed by atoms with Crippen LogP contribution < -0.4 is 9.64 Å². The first kappa shape index (κ1) is 23.8. The third-order valence-electron chi connectivity index (χ3n) is 5.31. The molecule has 0 radical (unpaired) electrons. The molecule has 0 aliphatic carbocycles. The molecule has 32 heavy (non-hydrogen) atoms. The molecule has 1 amide bonds. The SMILES string of the molecule is CCCCCOc1ccc(C(=O)OCC(=O)N(c2ccccc2)C2CCS(=O)(=O)C2)cc1. The molecule has 1 atom stereocenters. The Labute approximate surface area is 189 Å². The number of ether oxygens (including phenoxy) is 2. The minimum atomic E-state index is -3.18. The van der Waals surface area contributed by atoms with Crippen LogP contribution in [-0.2, 0) is 19.4 Å². The fourth-order valence-corrected chi connectivity index (χ4v) is 5.34. The number of nitrogens with zero attached hydrogens (tertiary/aromatic N) is 1. The van der Waals surface area contributed by atoms with Crippen molar-refractivity contribution in [2.75, 3.05) is 29.6 Å². The van der Waals surface area contributed by atoms with Crippen LogP contribution in [0, 0.1) is 0 Å². The van der Waals surface area contributed by atoms with Gasteiger partial charge in [0, 0.05) is 5.69 Å². The van der Waals surface area contributed by atoms with Crippen LogP contribution in [0.4, 0.5) is 5.69 Å². The smallest absolute Gasteiger partial charge is 0.338 e. The second kappa shape index (κ2) is 11.1. The Morgan fingerprint density at radius 2 is 1.75 bits per heavy atom. The Kier molecular flexibility index (Phi) is 8.27. The van der Waals surface area contributed by atoms with Crippen molar-refractivity contribution in [3.05, 3.63) is 60.2 Å². The number of benzene rings is 2. The lowest BCUT2D eigenvalue weighted by molar-refractivity contribution is -0.122. The van der Waals surface area contributed by atoms with Gasteiger partial charge >= 0.3 is 5.97 Å². The van der Waals surface area contributed by atoms with E-state index in [0.29, 0.717) is 30.0 Å². The number of rotatable bonds is 10. The molecular weight excluding hydrogens is 430 g/mol. The highest BCUT2D eigenvalue weighted by atomic mass is 32.2. The fourth-order valence-electron chi connectivity index (χ4n) is 3.64. The Morgan fingerprint density at radius 1 is 1.03 bits per heavy atom. The van der Waals surface area contributed by atoms with Gasteiger partial charge in [-0.3, -0.25) is 4.79 Å². The van der Waals surface area contributed by atoms with E-state index in [9.17, 15) is 18.0 Å². The van der Waals surface area contributed by atoms with Crippen LogP contribution in [-0.4, -0.2) is 51.1 Å². The first-order valence-corrected chi connectivity index (χ1v) is 12.7. The van der Waals surface area contributed by atoms with Gasteiger partial charge in [0.2, 0.25) is 0 Å². The van der Waals surface area contributed by atoms with E-state index in [1.807, 2.05) is 6.07 Å². The van der Waals surface area contributed by atoms with Gasteiger partial charge in [-0.15, -0.1) is 0 Å². The van der Waals surface area contributed by atoms with E-state index in [1.54, 1.807) is 48.5 Å². The minimum absolute atomic E-state index is 0.0426. The maximum atomic E-state index is 12.9. The Bertz CT molecular complexity index is 1000.